The summed E-state index contributed by atoms with van der Waals surface area (Å²) in [5.41, 5.74) is 0. The largest absolute Gasteiger partial charge is 0.497 e. The van der Waals surface area contributed by atoms with Gasteiger partial charge in [-0.1, -0.05) is 0 Å². The van der Waals surface area contributed by atoms with Crippen molar-refractivity contribution >= 4 is 10.0 Å². The molecule has 1 N–H and O–H groups in total. The highest BCUT2D eigenvalue weighted by Gasteiger charge is 2.22. The average Bonchev–Trinajstić information content (AvgIpc) is 2.54. The van der Waals surface area contributed by atoms with E-state index in [1.165, 1.54) is 20.3 Å². The van der Waals surface area contributed by atoms with Gasteiger partial charge in [-0.05, 0) is 25.6 Å². The number of nitrogens with zero attached hydrogens (tertiary/aromatic N) is 1. The van der Waals surface area contributed by atoms with Crippen LogP contribution in [0.15, 0.2) is 23.1 Å². The average molecular weight is 344 g/mol. The summed E-state index contributed by atoms with van der Waals surface area (Å²) in [4.78, 5) is 2.28. The second-order valence-electron chi connectivity index (χ2n) is 5.46. The first-order chi connectivity index (χ1) is 11.0. The van der Waals surface area contributed by atoms with Gasteiger partial charge >= 0.3 is 0 Å². The van der Waals surface area contributed by atoms with E-state index >= 15 is 0 Å². The number of ether oxygens (including phenoxy) is 3. The molecule has 0 saturated carbocycles. The summed E-state index contributed by atoms with van der Waals surface area (Å²) >= 11 is 0. The molecule has 23 heavy (non-hydrogen) atoms. The molecule has 0 aromatic heterocycles. The topological polar surface area (TPSA) is 77.1 Å². The van der Waals surface area contributed by atoms with E-state index in [4.69, 9.17) is 14.2 Å². The van der Waals surface area contributed by atoms with Crippen molar-refractivity contribution in [2.24, 2.45) is 0 Å². The molecule has 1 heterocycles. The predicted octanol–water partition coefficient (Wildman–Crippen LogP) is 0.703. The van der Waals surface area contributed by atoms with Gasteiger partial charge < -0.3 is 19.1 Å². The zero-order chi connectivity index (χ0) is 16.9. The minimum atomic E-state index is -3.64. The van der Waals surface area contributed by atoms with Crippen molar-refractivity contribution < 1.29 is 22.6 Å². The van der Waals surface area contributed by atoms with Crippen molar-refractivity contribution in [3.8, 4) is 11.5 Å². The van der Waals surface area contributed by atoms with Crippen molar-refractivity contribution in [2.45, 2.75) is 17.4 Å². The fraction of sp³-hybridized carbons (Fsp3) is 0.600. The Morgan fingerprint density at radius 2 is 2.13 bits per heavy atom. The summed E-state index contributed by atoms with van der Waals surface area (Å²) in [6.45, 7) is 2.72. The van der Waals surface area contributed by atoms with E-state index in [0.717, 1.165) is 13.1 Å². The molecule has 0 radical (unpaired) electrons. The molecule has 2 rings (SSSR count). The van der Waals surface area contributed by atoms with E-state index in [1.54, 1.807) is 12.1 Å². The summed E-state index contributed by atoms with van der Waals surface area (Å²) in [7, 11) is 1.33. The van der Waals surface area contributed by atoms with E-state index in [1.807, 2.05) is 7.05 Å². The van der Waals surface area contributed by atoms with Crippen LogP contribution in [0.1, 0.15) is 6.42 Å². The Balaban J connectivity index is 1.98. The maximum Gasteiger partial charge on any atom is 0.244 e. The first-order valence-electron chi connectivity index (χ1n) is 7.48. The van der Waals surface area contributed by atoms with Crippen LogP contribution >= 0.6 is 0 Å². The normalized spacial score (nSPS) is 19.5. The van der Waals surface area contributed by atoms with Crippen molar-refractivity contribution in [1.82, 2.24) is 9.62 Å². The molecule has 0 spiro atoms. The van der Waals surface area contributed by atoms with Crippen LogP contribution in [0.3, 0.4) is 0 Å². The van der Waals surface area contributed by atoms with E-state index < -0.39 is 10.0 Å². The maximum atomic E-state index is 12.4. The number of likely N-dealkylation sites (N-methyl/N-ethyl adjacent to an activating group) is 1. The van der Waals surface area contributed by atoms with Crippen LogP contribution < -0.4 is 14.2 Å². The van der Waals surface area contributed by atoms with Crippen molar-refractivity contribution in [3.05, 3.63) is 18.2 Å². The van der Waals surface area contributed by atoms with Gasteiger partial charge in [0.15, 0.2) is 0 Å². The third-order valence-corrected chi connectivity index (χ3v) is 5.26. The molecule has 1 aliphatic rings. The molecule has 0 bridgehead atoms. The van der Waals surface area contributed by atoms with Gasteiger partial charge in [0.2, 0.25) is 10.0 Å². The lowest BCUT2D eigenvalue weighted by Crippen LogP contribution is -2.41. The molecule has 1 atom stereocenters. The van der Waals surface area contributed by atoms with Gasteiger partial charge in [0.05, 0.1) is 26.9 Å². The van der Waals surface area contributed by atoms with Crippen LogP contribution in [-0.2, 0) is 14.8 Å². The van der Waals surface area contributed by atoms with Gasteiger partial charge in [-0.2, -0.15) is 0 Å². The quantitative estimate of drug-likeness (QED) is 0.785. The molecular weight excluding hydrogens is 320 g/mol. The monoisotopic (exact) mass is 344 g/mol. The fourth-order valence-electron chi connectivity index (χ4n) is 2.47. The molecule has 1 saturated heterocycles. The molecule has 130 valence electrons. The second kappa shape index (κ2) is 7.96. The van der Waals surface area contributed by atoms with Crippen LogP contribution in [0.5, 0.6) is 11.5 Å². The third kappa shape index (κ3) is 4.81. The Morgan fingerprint density at radius 3 is 2.78 bits per heavy atom. The molecular formula is C15H24N2O5S. The van der Waals surface area contributed by atoms with Gasteiger partial charge in [-0.15, -0.1) is 0 Å². The van der Waals surface area contributed by atoms with Gasteiger partial charge in [-0.3, -0.25) is 0 Å². The lowest BCUT2D eigenvalue weighted by Gasteiger charge is -2.30. The van der Waals surface area contributed by atoms with Gasteiger partial charge in [0.1, 0.15) is 16.4 Å². The minimum absolute atomic E-state index is 0.0502. The first-order valence-corrected chi connectivity index (χ1v) is 8.96. The maximum absolute atomic E-state index is 12.4. The van der Waals surface area contributed by atoms with Gasteiger partial charge in [-0.25, -0.2) is 13.1 Å². The SMILES string of the molecule is COc1ccc(S(=O)(=O)NCCC2CN(C)CCO2)c(OC)c1. The van der Waals surface area contributed by atoms with Crippen LogP contribution in [0.4, 0.5) is 0 Å². The number of benzene rings is 1. The number of rotatable bonds is 7. The van der Waals surface area contributed by atoms with Crippen molar-refractivity contribution in [3.63, 3.8) is 0 Å². The standard InChI is InChI=1S/C15H24N2O5S/c1-17-8-9-22-13(11-17)6-7-16-23(18,19)15-5-4-12(20-2)10-14(15)21-3/h4-5,10,13,16H,6-9,11H2,1-3H3. The van der Waals surface area contributed by atoms with Crippen molar-refractivity contribution in [2.75, 3.05) is 47.5 Å². The molecule has 7 nitrogen and oxygen atoms in total. The second-order valence-corrected chi connectivity index (χ2v) is 7.19. The number of sulfonamides is 1. The number of hydrogen-bond donors (Lipinski definition) is 1. The van der Waals surface area contributed by atoms with Crippen molar-refractivity contribution in [1.29, 1.82) is 0 Å². The summed E-state index contributed by atoms with van der Waals surface area (Å²) in [5.74, 6) is 0.796. The lowest BCUT2D eigenvalue weighted by atomic mass is 10.2. The molecule has 1 fully saturated rings. The number of hydrogen-bond acceptors (Lipinski definition) is 6. The molecule has 1 aliphatic heterocycles. The highest BCUT2D eigenvalue weighted by Crippen LogP contribution is 2.28. The number of morpholine rings is 1. The highest BCUT2D eigenvalue weighted by atomic mass is 32.2. The summed E-state index contributed by atoms with van der Waals surface area (Å²) in [5, 5.41) is 0. The third-order valence-electron chi connectivity index (χ3n) is 3.76. The summed E-state index contributed by atoms with van der Waals surface area (Å²) in [6, 6.07) is 4.62. The summed E-state index contributed by atoms with van der Waals surface area (Å²) < 4.78 is 43.3. The van der Waals surface area contributed by atoms with E-state index in [-0.39, 0.29) is 16.7 Å². The van der Waals surface area contributed by atoms with E-state index in [9.17, 15) is 8.42 Å². The zero-order valence-electron chi connectivity index (χ0n) is 13.7. The smallest absolute Gasteiger partial charge is 0.244 e. The molecule has 1 aromatic carbocycles. The number of methoxy groups -OCH3 is 2. The number of nitrogens with one attached hydrogen (secondary N) is 1. The Morgan fingerprint density at radius 1 is 1.35 bits per heavy atom. The molecule has 1 aromatic rings. The fourth-order valence-corrected chi connectivity index (χ4v) is 3.67. The minimum Gasteiger partial charge on any atom is -0.497 e. The van der Waals surface area contributed by atoms with E-state index in [2.05, 4.69) is 9.62 Å². The molecule has 0 amide bonds. The highest BCUT2D eigenvalue weighted by molar-refractivity contribution is 7.89. The predicted molar refractivity (Wildman–Crippen MR) is 86.6 cm³/mol. The lowest BCUT2D eigenvalue weighted by molar-refractivity contribution is -0.0222. The van der Waals surface area contributed by atoms with Crippen LogP contribution in [-0.4, -0.2) is 66.9 Å². The van der Waals surface area contributed by atoms with Crippen LogP contribution in [0.25, 0.3) is 0 Å². The van der Waals surface area contributed by atoms with Gasteiger partial charge in [0, 0.05) is 25.7 Å². The Kier molecular flexibility index (Phi) is 6.23. The molecule has 0 aliphatic carbocycles. The molecule has 1 unspecified atom stereocenters. The van der Waals surface area contributed by atoms with Gasteiger partial charge in [0.25, 0.3) is 0 Å². The van der Waals surface area contributed by atoms with Crippen LogP contribution in [0, 0.1) is 0 Å². The Labute approximate surface area is 137 Å². The molecule has 8 heteroatoms. The van der Waals surface area contributed by atoms with Crippen LogP contribution in [0.2, 0.25) is 0 Å². The Bertz CT molecular complexity index is 620. The first kappa shape index (κ1) is 18.0. The zero-order valence-corrected chi connectivity index (χ0v) is 14.6. The Hall–Kier alpha value is -1.35. The van der Waals surface area contributed by atoms with E-state index in [0.29, 0.717) is 25.3 Å². The summed E-state index contributed by atoms with van der Waals surface area (Å²) in [6.07, 6.45) is 0.677.